The van der Waals surface area contributed by atoms with Crippen LogP contribution >= 0.6 is 0 Å². The molecule has 0 bridgehead atoms. The topological polar surface area (TPSA) is 88.3 Å². The highest BCUT2D eigenvalue weighted by molar-refractivity contribution is 7.89. The fourth-order valence-corrected chi connectivity index (χ4v) is 3.88. The Morgan fingerprint density at radius 3 is 3.05 bits per heavy atom. The van der Waals surface area contributed by atoms with Gasteiger partial charge in [0.2, 0.25) is 10.0 Å². The molecule has 1 aliphatic heterocycles. The molecule has 0 saturated carbocycles. The molecule has 1 unspecified atom stereocenters. The highest BCUT2D eigenvalue weighted by atomic mass is 32.2. The van der Waals surface area contributed by atoms with Crippen molar-refractivity contribution in [2.75, 3.05) is 26.7 Å². The summed E-state index contributed by atoms with van der Waals surface area (Å²) in [7, 11) is -1.47. The van der Waals surface area contributed by atoms with Gasteiger partial charge in [0.15, 0.2) is 0 Å². The molecule has 2 heterocycles. The molecule has 0 aromatic carbocycles. The molecule has 1 fully saturated rings. The number of likely N-dealkylation sites (tertiary alicyclic amines) is 1. The summed E-state index contributed by atoms with van der Waals surface area (Å²) in [6.45, 7) is 2.59. The van der Waals surface area contributed by atoms with E-state index < -0.39 is 10.0 Å². The van der Waals surface area contributed by atoms with Gasteiger partial charge >= 0.3 is 0 Å². The standard InChI is InChI=1S/C13H22N4O2S/c1-17-7-3-4-11(10-17)9-16-20(18,19)13-5-2-6-15-12(13)8-14/h2,5-6,11,16H,3-4,7-10,14H2,1H3. The van der Waals surface area contributed by atoms with E-state index in [0.717, 1.165) is 25.9 Å². The summed E-state index contributed by atoms with van der Waals surface area (Å²) >= 11 is 0. The molecule has 112 valence electrons. The largest absolute Gasteiger partial charge is 0.325 e. The Labute approximate surface area is 120 Å². The van der Waals surface area contributed by atoms with Crippen molar-refractivity contribution in [3.8, 4) is 0 Å². The summed E-state index contributed by atoms with van der Waals surface area (Å²) in [4.78, 5) is 6.44. The molecule has 1 atom stereocenters. The second kappa shape index (κ2) is 6.62. The van der Waals surface area contributed by atoms with Crippen LogP contribution in [0.15, 0.2) is 23.2 Å². The lowest BCUT2D eigenvalue weighted by atomic mass is 9.99. The van der Waals surface area contributed by atoms with E-state index in [-0.39, 0.29) is 11.4 Å². The maximum atomic E-state index is 12.3. The van der Waals surface area contributed by atoms with Crippen LogP contribution < -0.4 is 10.5 Å². The quantitative estimate of drug-likeness (QED) is 0.808. The average molecular weight is 298 g/mol. The van der Waals surface area contributed by atoms with E-state index >= 15 is 0 Å². The first kappa shape index (κ1) is 15.4. The molecule has 20 heavy (non-hydrogen) atoms. The van der Waals surface area contributed by atoms with Crippen molar-refractivity contribution in [1.82, 2.24) is 14.6 Å². The third-order valence-electron chi connectivity index (χ3n) is 3.62. The monoisotopic (exact) mass is 298 g/mol. The van der Waals surface area contributed by atoms with E-state index in [2.05, 4.69) is 21.7 Å². The zero-order chi connectivity index (χ0) is 14.6. The number of nitrogens with one attached hydrogen (secondary N) is 1. The normalized spacial score (nSPS) is 21.0. The van der Waals surface area contributed by atoms with Gasteiger partial charge in [-0.3, -0.25) is 4.98 Å². The summed E-state index contributed by atoms with van der Waals surface area (Å²) < 4.78 is 27.3. The third kappa shape index (κ3) is 3.76. The van der Waals surface area contributed by atoms with Crippen molar-refractivity contribution in [2.24, 2.45) is 11.7 Å². The van der Waals surface area contributed by atoms with Gasteiger partial charge in [-0.15, -0.1) is 0 Å². The van der Waals surface area contributed by atoms with Crippen LogP contribution in [0.5, 0.6) is 0 Å². The fraction of sp³-hybridized carbons (Fsp3) is 0.615. The molecule has 0 amide bonds. The molecule has 3 N–H and O–H groups in total. The van der Waals surface area contributed by atoms with Crippen molar-refractivity contribution in [1.29, 1.82) is 0 Å². The van der Waals surface area contributed by atoms with Crippen molar-refractivity contribution in [2.45, 2.75) is 24.3 Å². The second-order valence-electron chi connectivity index (χ2n) is 5.27. The Hall–Kier alpha value is -1.02. The minimum absolute atomic E-state index is 0.114. The minimum atomic E-state index is -3.53. The Kier molecular flexibility index (Phi) is 5.09. The zero-order valence-electron chi connectivity index (χ0n) is 11.7. The van der Waals surface area contributed by atoms with Crippen molar-refractivity contribution >= 4 is 10.0 Å². The first-order valence-electron chi connectivity index (χ1n) is 6.85. The van der Waals surface area contributed by atoms with Crippen LogP contribution in [0.1, 0.15) is 18.5 Å². The molecule has 7 heteroatoms. The summed E-state index contributed by atoms with van der Waals surface area (Å²) in [5.74, 6) is 0.363. The molecule has 1 saturated heterocycles. The zero-order valence-corrected chi connectivity index (χ0v) is 12.6. The van der Waals surface area contributed by atoms with Gasteiger partial charge in [0.05, 0.1) is 5.69 Å². The van der Waals surface area contributed by atoms with E-state index in [9.17, 15) is 8.42 Å². The lowest BCUT2D eigenvalue weighted by Crippen LogP contribution is -2.39. The number of piperidine rings is 1. The Balaban J connectivity index is 2.04. The van der Waals surface area contributed by atoms with Crippen molar-refractivity contribution in [3.63, 3.8) is 0 Å². The lowest BCUT2D eigenvalue weighted by Gasteiger charge is -2.29. The molecule has 6 nitrogen and oxygen atoms in total. The Bertz CT molecular complexity index is 547. The van der Waals surface area contributed by atoms with Gasteiger partial charge < -0.3 is 10.6 Å². The predicted octanol–water partition coefficient (Wildman–Crippen LogP) is 0.160. The molecule has 0 aliphatic carbocycles. The SMILES string of the molecule is CN1CCCC(CNS(=O)(=O)c2cccnc2CN)C1. The average Bonchev–Trinajstić information content (AvgIpc) is 2.45. The highest BCUT2D eigenvalue weighted by Gasteiger charge is 2.22. The molecule has 2 rings (SSSR count). The van der Waals surface area contributed by atoms with Crippen LogP contribution in [-0.2, 0) is 16.6 Å². The van der Waals surface area contributed by atoms with E-state index in [1.54, 1.807) is 18.3 Å². The minimum Gasteiger partial charge on any atom is -0.325 e. The molecule has 0 spiro atoms. The smallest absolute Gasteiger partial charge is 0.242 e. The van der Waals surface area contributed by atoms with Gasteiger partial charge in [0.1, 0.15) is 4.90 Å². The van der Waals surface area contributed by atoms with Crippen LogP contribution in [0.3, 0.4) is 0 Å². The summed E-state index contributed by atoms with van der Waals surface area (Å²) in [5.41, 5.74) is 5.95. The van der Waals surface area contributed by atoms with E-state index in [1.165, 1.54) is 0 Å². The van der Waals surface area contributed by atoms with Gasteiger partial charge in [-0.2, -0.15) is 0 Å². The molecular formula is C13H22N4O2S. The first-order chi connectivity index (χ1) is 9.53. The van der Waals surface area contributed by atoms with Gasteiger partial charge in [-0.05, 0) is 44.5 Å². The number of rotatable bonds is 5. The maximum Gasteiger partial charge on any atom is 0.242 e. The lowest BCUT2D eigenvalue weighted by molar-refractivity contribution is 0.211. The number of nitrogens with two attached hydrogens (primary N) is 1. The molecular weight excluding hydrogens is 276 g/mol. The number of sulfonamides is 1. The second-order valence-corrected chi connectivity index (χ2v) is 7.01. The molecule has 1 aromatic rings. The van der Waals surface area contributed by atoms with Gasteiger partial charge in [-0.1, -0.05) is 0 Å². The van der Waals surface area contributed by atoms with E-state index in [4.69, 9.17) is 5.73 Å². The van der Waals surface area contributed by atoms with Gasteiger partial charge in [-0.25, -0.2) is 13.1 Å². The fourth-order valence-electron chi connectivity index (χ4n) is 2.57. The summed E-state index contributed by atoms with van der Waals surface area (Å²) in [6.07, 6.45) is 3.73. The van der Waals surface area contributed by atoms with Crippen LogP contribution in [0.25, 0.3) is 0 Å². The maximum absolute atomic E-state index is 12.3. The number of hydrogen-bond donors (Lipinski definition) is 2. The van der Waals surface area contributed by atoms with Gasteiger partial charge in [0, 0.05) is 25.8 Å². The summed E-state index contributed by atoms with van der Waals surface area (Å²) in [6, 6.07) is 3.16. The van der Waals surface area contributed by atoms with E-state index in [1.807, 2.05) is 0 Å². The van der Waals surface area contributed by atoms with Crippen molar-refractivity contribution in [3.05, 3.63) is 24.0 Å². The number of pyridine rings is 1. The van der Waals surface area contributed by atoms with Crippen LogP contribution in [0, 0.1) is 5.92 Å². The summed E-state index contributed by atoms with van der Waals surface area (Å²) in [5, 5.41) is 0. The van der Waals surface area contributed by atoms with Crippen LogP contribution in [0.2, 0.25) is 0 Å². The molecule has 1 aromatic heterocycles. The number of nitrogens with zero attached hydrogens (tertiary/aromatic N) is 2. The van der Waals surface area contributed by atoms with Gasteiger partial charge in [0.25, 0.3) is 0 Å². The highest BCUT2D eigenvalue weighted by Crippen LogP contribution is 2.16. The third-order valence-corrected chi connectivity index (χ3v) is 5.11. The van der Waals surface area contributed by atoms with Crippen molar-refractivity contribution < 1.29 is 8.42 Å². The Morgan fingerprint density at radius 1 is 1.55 bits per heavy atom. The number of aromatic nitrogens is 1. The number of hydrogen-bond acceptors (Lipinski definition) is 5. The van der Waals surface area contributed by atoms with E-state index in [0.29, 0.717) is 18.2 Å². The van der Waals surface area contributed by atoms with Crippen LogP contribution in [0.4, 0.5) is 0 Å². The molecule has 0 radical (unpaired) electrons. The molecule has 1 aliphatic rings. The Morgan fingerprint density at radius 2 is 2.35 bits per heavy atom. The van der Waals surface area contributed by atoms with Crippen LogP contribution in [-0.4, -0.2) is 45.0 Å². The predicted molar refractivity (Wildman–Crippen MR) is 77.5 cm³/mol. The first-order valence-corrected chi connectivity index (χ1v) is 8.33.